The molecule has 2 aromatic carbocycles. The molecule has 2 bridgehead atoms. The highest BCUT2D eigenvalue weighted by atomic mass is 16.1. The lowest BCUT2D eigenvalue weighted by Crippen LogP contribution is -2.58. The normalized spacial score (nSPS) is 28.1. The predicted octanol–water partition coefficient (Wildman–Crippen LogP) is 6.02. The quantitative estimate of drug-likeness (QED) is 0.592. The van der Waals surface area contributed by atoms with E-state index >= 15 is 0 Å². The van der Waals surface area contributed by atoms with Crippen molar-refractivity contribution in [3.8, 4) is 0 Å². The third-order valence-corrected chi connectivity index (χ3v) is 6.23. The SMILES string of the molecule is O=C1[C@H]2CCC[C@]1(CCC/C=C/c1ccccc1)[C@H]2c1ccccc1. The van der Waals surface area contributed by atoms with Gasteiger partial charge in [0, 0.05) is 17.3 Å². The van der Waals surface area contributed by atoms with Crippen LogP contribution in [0.5, 0.6) is 0 Å². The lowest BCUT2D eigenvalue weighted by molar-refractivity contribution is -0.158. The first-order valence-corrected chi connectivity index (χ1v) is 9.62. The Hall–Kier alpha value is -2.15. The highest BCUT2D eigenvalue weighted by Crippen LogP contribution is 2.64. The van der Waals surface area contributed by atoms with E-state index in [0.717, 1.165) is 32.1 Å². The monoisotopic (exact) mass is 330 g/mol. The first-order chi connectivity index (χ1) is 12.3. The fraction of sp³-hybridized carbons (Fsp3) is 0.375. The summed E-state index contributed by atoms with van der Waals surface area (Å²) in [6.45, 7) is 0. The van der Waals surface area contributed by atoms with Gasteiger partial charge in [0.2, 0.25) is 0 Å². The first kappa shape index (κ1) is 16.3. The number of Topliss-reactive ketones (excluding diaryl/α,β-unsaturated/α-hetero) is 1. The summed E-state index contributed by atoms with van der Waals surface area (Å²) in [4.78, 5) is 12.8. The van der Waals surface area contributed by atoms with Gasteiger partial charge in [-0.3, -0.25) is 4.79 Å². The lowest BCUT2D eigenvalue weighted by Gasteiger charge is -2.58. The second-order valence-electron chi connectivity index (χ2n) is 7.61. The number of ketones is 1. The Morgan fingerprint density at radius 3 is 2.44 bits per heavy atom. The van der Waals surface area contributed by atoms with E-state index in [1.165, 1.54) is 17.5 Å². The standard InChI is InChI=1S/C24H26O/c25-23-21-16-10-18-24(23,22(21)20-14-7-2-8-15-20)17-9-3-6-13-19-11-4-1-5-12-19/h1-2,4-8,11-15,21-22H,3,9-10,16-18H2/b13-6+/t21-,22-,24+/m0/s1. The molecule has 128 valence electrons. The van der Waals surface area contributed by atoms with Crippen molar-refractivity contribution in [2.45, 2.75) is 44.4 Å². The zero-order valence-electron chi connectivity index (χ0n) is 14.7. The molecular weight excluding hydrogens is 304 g/mol. The first-order valence-electron chi connectivity index (χ1n) is 9.62. The average molecular weight is 330 g/mol. The van der Waals surface area contributed by atoms with E-state index in [1.54, 1.807) is 0 Å². The summed E-state index contributed by atoms with van der Waals surface area (Å²) >= 11 is 0. The molecule has 3 atom stereocenters. The fourth-order valence-electron chi connectivity index (χ4n) is 5.11. The van der Waals surface area contributed by atoms with Crippen LogP contribution >= 0.6 is 0 Å². The summed E-state index contributed by atoms with van der Waals surface area (Å²) in [5.74, 6) is 1.31. The van der Waals surface area contributed by atoms with Crippen molar-refractivity contribution in [2.24, 2.45) is 11.3 Å². The van der Waals surface area contributed by atoms with E-state index in [9.17, 15) is 4.79 Å². The predicted molar refractivity (Wildman–Crippen MR) is 103 cm³/mol. The Labute approximate surface area is 150 Å². The number of allylic oxidation sites excluding steroid dienone is 1. The third-order valence-electron chi connectivity index (χ3n) is 6.23. The minimum atomic E-state index is -0.0646. The summed E-state index contributed by atoms with van der Waals surface area (Å²) in [5.41, 5.74) is 2.57. The van der Waals surface area contributed by atoms with Crippen LogP contribution in [0.25, 0.3) is 6.08 Å². The molecule has 0 spiro atoms. The molecule has 2 aliphatic rings. The third kappa shape index (κ3) is 2.97. The highest BCUT2D eigenvalue weighted by molar-refractivity contribution is 5.96. The molecule has 2 aromatic rings. The second-order valence-corrected chi connectivity index (χ2v) is 7.61. The minimum absolute atomic E-state index is 0.0646. The van der Waals surface area contributed by atoms with Crippen LogP contribution in [0.15, 0.2) is 66.7 Å². The van der Waals surface area contributed by atoms with Crippen LogP contribution in [-0.2, 0) is 4.79 Å². The summed E-state index contributed by atoms with van der Waals surface area (Å²) in [6.07, 6.45) is 11.0. The molecule has 0 aliphatic heterocycles. The van der Waals surface area contributed by atoms with Gasteiger partial charge in [-0.2, -0.15) is 0 Å². The number of hydrogen-bond acceptors (Lipinski definition) is 1. The minimum Gasteiger partial charge on any atom is -0.299 e. The van der Waals surface area contributed by atoms with Crippen molar-refractivity contribution in [2.75, 3.05) is 0 Å². The van der Waals surface area contributed by atoms with E-state index < -0.39 is 0 Å². The van der Waals surface area contributed by atoms with Gasteiger partial charge < -0.3 is 0 Å². The summed E-state index contributed by atoms with van der Waals surface area (Å²) in [7, 11) is 0. The van der Waals surface area contributed by atoms with Crippen LogP contribution in [0.3, 0.4) is 0 Å². The Morgan fingerprint density at radius 2 is 1.72 bits per heavy atom. The van der Waals surface area contributed by atoms with Gasteiger partial charge in [-0.1, -0.05) is 79.2 Å². The van der Waals surface area contributed by atoms with Crippen molar-refractivity contribution in [3.05, 3.63) is 77.9 Å². The van der Waals surface area contributed by atoms with Crippen molar-refractivity contribution in [1.82, 2.24) is 0 Å². The summed E-state index contributed by atoms with van der Waals surface area (Å²) in [6, 6.07) is 21.2. The smallest absolute Gasteiger partial charge is 0.143 e. The maximum absolute atomic E-state index is 12.8. The Kier molecular flexibility index (Phi) is 4.57. The van der Waals surface area contributed by atoms with Crippen LogP contribution in [0.4, 0.5) is 0 Å². The van der Waals surface area contributed by atoms with Gasteiger partial charge in [0.05, 0.1) is 0 Å². The molecule has 0 radical (unpaired) electrons. The van der Waals surface area contributed by atoms with Crippen LogP contribution in [0, 0.1) is 11.3 Å². The molecule has 0 unspecified atom stereocenters. The van der Waals surface area contributed by atoms with Crippen LogP contribution in [-0.4, -0.2) is 5.78 Å². The molecule has 1 heteroatoms. The van der Waals surface area contributed by atoms with Gasteiger partial charge in [-0.25, -0.2) is 0 Å². The van der Waals surface area contributed by atoms with Crippen molar-refractivity contribution >= 4 is 11.9 Å². The fourth-order valence-corrected chi connectivity index (χ4v) is 5.11. The zero-order chi connectivity index (χ0) is 17.1. The van der Waals surface area contributed by atoms with Crippen molar-refractivity contribution < 1.29 is 4.79 Å². The Bertz CT molecular complexity index is 746. The van der Waals surface area contributed by atoms with Gasteiger partial charge in [0.1, 0.15) is 5.78 Å². The molecule has 0 aromatic heterocycles. The highest BCUT2D eigenvalue weighted by Gasteiger charge is 2.62. The Balaban J connectivity index is 1.41. The molecule has 4 rings (SSSR count). The maximum Gasteiger partial charge on any atom is 0.143 e. The van der Waals surface area contributed by atoms with Gasteiger partial charge in [0.25, 0.3) is 0 Å². The van der Waals surface area contributed by atoms with Gasteiger partial charge >= 0.3 is 0 Å². The molecule has 0 amide bonds. The molecule has 1 nitrogen and oxygen atoms in total. The number of benzene rings is 2. The molecule has 2 fully saturated rings. The average Bonchev–Trinajstić information content (AvgIpc) is 2.68. The van der Waals surface area contributed by atoms with E-state index in [0.29, 0.717) is 11.7 Å². The van der Waals surface area contributed by atoms with E-state index in [1.807, 2.05) is 6.07 Å². The molecule has 2 saturated carbocycles. The molecule has 0 heterocycles. The second kappa shape index (κ2) is 7.00. The summed E-state index contributed by atoms with van der Waals surface area (Å²) < 4.78 is 0. The van der Waals surface area contributed by atoms with Crippen LogP contribution < -0.4 is 0 Å². The number of hydrogen-bond donors (Lipinski definition) is 0. The molecular formula is C24H26O. The maximum atomic E-state index is 12.8. The molecule has 25 heavy (non-hydrogen) atoms. The van der Waals surface area contributed by atoms with E-state index in [-0.39, 0.29) is 11.3 Å². The van der Waals surface area contributed by atoms with Crippen LogP contribution in [0.2, 0.25) is 0 Å². The number of carbonyl (C=O) groups excluding carboxylic acids is 1. The largest absolute Gasteiger partial charge is 0.299 e. The summed E-state index contributed by atoms with van der Waals surface area (Å²) in [5, 5.41) is 0. The van der Waals surface area contributed by atoms with Gasteiger partial charge in [0.15, 0.2) is 0 Å². The molecule has 2 aliphatic carbocycles. The molecule has 0 saturated heterocycles. The van der Waals surface area contributed by atoms with Gasteiger partial charge in [-0.15, -0.1) is 0 Å². The van der Waals surface area contributed by atoms with E-state index in [4.69, 9.17) is 0 Å². The van der Waals surface area contributed by atoms with Crippen molar-refractivity contribution in [3.63, 3.8) is 0 Å². The number of fused-ring (bicyclic) bond motifs is 2. The number of rotatable bonds is 6. The lowest BCUT2D eigenvalue weighted by atomic mass is 9.43. The van der Waals surface area contributed by atoms with Crippen molar-refractivity contribution in [1.29, 1.82) is 0 Å². The molecule has 0 N–H and O–H groups in total. The number of unbranched alkanes of at least 4 members (excludes halogenated alkanes) is 1. The van der Waals surface area contributed by atoms with E-state index in [2.05, 4.69) is 66.7 Å². The topological polar surface area (TPSA) is 17.1 Å². The number of carbonyl (C=O) groups is 1. The zero-order valence-corrected chi connectivity index (χ0v) is 14.7. The van der Waals surface area contributed by atoms with Gasteiger partial charge in [-0.05, 0) is 43.2 Å². The Morgan fingerprint density at radius 1 is 1.00 bits per heavy atom. The van der Waals surface area contributed by atoms with Crippen LogP contribution in [0.1, 0.15) is 55.6 Å².